The highest BCUT2D eigenvalue weighted by Crippen LogP contribution is 2.28. The number of piperazine rings is 1. The Morgan fingerprint density at radius 1 is 1.08 bits per heavy atom. The minimum absolute atomic E-state index is 0.0743. The van der Waals surface area contributed by atoms with E-state index in [1.807, 2.05) is 0 Å². The predicted molar refractivity (Wildman–Crippen MR) is 102 cm³/mol. The van der Waals surface area contributed by atoms with Gasteiger partial charge in [0.1, 0.15) is 4.88 Å². The third kappa shape index (κ3) is 3.82. The van der Waals surface area contributed by atoms with Gasteiger partial charge in [-0.2, -0.15) is 4.31 Å². The molecule has 0 unspecified atom stereocenters. The van der Waals surface area contributed by atoms with E-state index in [2.05, 4.69) is 25.8 Å². The Kier molecular flexibility index (Phi) is 5.18. The standard InChI is InChI=1S/C18H23N3O3S2/c1-18(2,3)17-19-13-15(25-17)16(22)20-9-11-21(12-10-20)26(23,24)14-7-5-4-6-8-14/h4-8,13H,9-12H2,1-3H3. The first kappa shape index (κ1) is 19.0. The largest absolute Gasteiger partial charge is 0.335 e. The maximum Gasteiger partial charge on any atom is 0.265 e. The molecule has 2 heterocycles. The molecule has 0 aliphatic carbocycles. The van der Waals surface area contributed by atoms with Gasteiger partial charge in [0, 0.05) is 31.6 Å². The van der Waals surface area contributed by atoms with Gasteiger partial charge in [-0.15, -0.1) is 11.3 Å². The normalized spacial score (nSPS) is 16.7. The molecule has 0 bridgehead atoms. The summed E-state index contributed by atoms with van der Waals surface area (Å²) in [6.45, 7) is 7.55. The van der Waals surface area contributed by atoms with Gasteiger partial charge >= 0.3 is 0 Å². The van der Waals surface area contributed by atoms with E-state index < -0.39 is 10.0 Å². The van der Waals surface area contributed by atoms with Crippen molar-refractivity contribution in [3.63, 3.8) is 0 Å². The van der Waals surface area contributed by atoms with Gasteiger partial charge in [-0.25, -0.2) is 13.4 Å². The quantitative estimate of drug-likeness (QED) is 0.804. The maximum absolute atomic E-state index is 12.7. The van der Waals surface area contributed by atoms with Crippen LogP contribution in [0.1, 0.15) is 35.5 Å². The van der Waals surface area contributed by atoms with Gasteiger partial charge in [-0.1, -0.05) is 39.0 Å². The minimum Gasteiger partial charge on any atom is -0.335 e. The van der Waals surface area contributed by atoms with E-state index in [1.54, 1.807) is 41.4 Å². The first-order valence-electron chi connectivity index (χ1n) is 8.50. The summed E-state index contributed by atoms with van der Waals surface area (Å²) in [6, 6.07) is 8.40. The Morgan fingerprint density at radius 3 is 2.23 bits per heavy atom. The zero-order valence-corrected chi connectivity index (χ0v) is 16.8. The number of benzene rings is 1. The molecule has 3 rings (SSSR count). The Morgan fingerprint density at radius 2 is 1.69 bits per heavy atom. The number of carbonyl (C=O) groups is 1. The van der Waals surface area contributed by atoms with Crippen LogP contribution in [-0.4, -0.2) is 54.7 Å². The van der Waals surface area contributed by atoms with Crippen LogP contribution in [0.4, 0.5) is 0 Å². The summed E-state index contributed by atoms with van der Waals surface area (Å²) in [6.07, 6.45) is 1.63. The number of nitrogens with zero attached hydrogens (tertiary/aromatic N) is 3. The number of carbonyl (C=O) groups excluding carboxylic acids is 1. The smallest absolute Gasteiger partial charge is 0.265 e. The third-order valence-corrected chi connectivity index (χ3v) is 7.59. The second kappa shape index (κ2) is 7.09. The van der Waals surface area contributed by atoms with Crippen LogP contribution in [0.3, 0.4) is 0 Å². The summed E-state index contributed by atoms with van der Waals surface area (Å²) in [5.74, 6) is -0.0743. The van der Waals surface area contributed by atoms with Crippen LogP contribution in [0.25, 0.3) is 0 Å². The molecule has 2 aromatic rings. The molecule has 1 aromatic heterocycles. The molecule has 0 radical (unpaired) electrons. The van der Waals surface area contributed by atoms with E-state index in [0.717, 1.165) is 5.01 Å². The summed E-state index contributed by atoms with van der Waals surface area (Å²) in [5.41, 5.74) is -0.0916. The topological polar surface area (TPSA) is 70.6 Å². The Bertz CT molecular complexity index is 878. The van der Waals surface area contributed by atoms with Gasteiger partial charge in [0.15, 0.2) is 0 Å². The van der Waals surface area contributed by atoms with E-state index in [4.69, 9.17) is 0 Å². The van der Waals surface area contributed by atoms with E-state index in [1.165, 1.54) is 15.6 Å². The van der Waals surface area contributed by atoms with Crippen molar-refractivity contribution in [3.8, 4) is 0 Å². The van der Waals surface area contributed by atoms with Crippen molar-refractivity contribution >= 4 is 27.3 Å². The van der Waals surface area contributed by atoms with Crippen molar-refractivity contribution in [2.45, 2.75) is 31.1 Å². The van der Waals surface area contributed by atoms with Crippen LogP contribution in [0.15, 0.2) is 41.4 Å². The van der Waals surface area contributed by atoms with Crippen LogP contribution < -0.4 is 0 Å². The van der Waals surface area contributed by atoms with Gasteiger partial charge < -0.3 is 4.90 Å². The summed E-state index contributed by atoms with van der Waals surface area (Å²) >= 11 is 1.41. The Balaban J connectivity index is 1.67. The molecule has 1 aliphatic heterocycles. The lowest BCUT2D eigenvalue weighted by Gasteiger charge is -2.33. The summed E-state index contributed by atoms with van der Waals surface area (Å²) < 4.78 is 26.8. The molecule has 0 spiro atoms. The van der Waals surface area contributed by atoms with E-state index in [0.29, 0.717) is 31.1 Å². The highest BCUT2D eigenvalue weighted by Gasteiger charge is 2.31. The molecule has 26 heavy (non-hydrogen) atoms. The van der Waals surface area contributed by atoms with Gasteiger partial charge in [-0.05, 0) is 12.1 Å². The molecule has 1 fully saturated rings. The van der Waals surface area contributed by atoms with Crippen LogP contribution in [0, 0.1) is 0 Å². The first-order chi connectivity index (χ1) is 12.2. The molecule has 8 heteroatoms. The fourth-order valence-corrected chi connectivity index (χ4v) is 5.13. The molecule has 6 nitrogen and oxygen atoms in total. The Labute approximate surface area is 158 Å². The van der Waals surface area contributed by atoms with Crippen molar-refractivity contribution in [1.29, 1.82) is 0 Å². The van der Waals surface area contributed by atoms with Gasteiger partial charge in [0.25, 0.3) is 5.91 Å². The predicted octanol–water partition coefficient (Wildman–Crippen LogP) is 2.59. The molecule has 1 aliphatic rings. The second-order valence-corrected chi connectivity index (χ2v) is 10.3. The molecule has 0 N–H and O–H groups in total. The first-order valence-corrected chi connectivity index (χ1v) is 10.8. The number of amides is 1. The number of aromatic nitrogens is 1. The average Bonchev–Trinajstić information content (AvgIpc) is 3.12. The molecule has 1 saturated heterocycles. The van der Waals surface area contributed by atoms with E-state index >= 15 is 0 Å². The van der Waals surface area contributed by atoms with Crippen molar-refractivity contribution in [3.05, 3.63) is 46.4 Å². The van der Waals surface area contributed by atoms with Crippen LogP contribution in [0.2, 0.25) is 0 Å². The summed E-state index contributed by atoms with van der Waals surface area (Å²) in [5, 5.41) is 0.922. The number of thiazole rings is 1. The summed E-state index contributed by atoms with van der Waals surface area (Å²) in [7, 11) is -3.51. The van der Waals surface area contributed by atoms with Gasteiger partial charge in [0.2, 0.25) is 10.0 Å². The van der Waals surface area contributed by atoms with Crippen molar-refractivity contribution < 1.29 is 13.2 Å². The lowest BCUT2D eigenvalue weighted by molar-refractivity contribution is 0.0702. The SMILES string of the molecule is CC(C)(C)c1ncc(C(=O)N2CCN(S(=O)(=O)c3ccccc3)CC2)s1. The van der Waals surface area contributed by atoms with E-state index in [-0.39, 0.29) is 16.2 Å². The lowest BCUT2D eigenvalue weighted by atomic mass is 9.98. The zero-order valence-electron chi connectivity index (χ0n) is 15.2. The molecule has 0 saturated carbocycles. The average molecular weight is 394 g/mol. The highest BCUT2D eigenvalue weighted by molar-refractivity contribution is 7.89. The summed E-state index contributed by atoms with van der Waals surface area (Å²) in [4.78, 5) is 19.7. The van der Waals surface area contributed by atoms with Crippen LogP contribution in [-0.2, 0) is 15.4 Å². The van der Waals surface area contributed by atoms with Crippen molar-refractivity contribution in [2.24, 2.45) is 0 Å². The fraction of sp³-hybridized carbons (Fsp3) is 0.444. The molecule has 1 amide bonds. The molecular formula is C18H23N3O3S2. The molecule has 0 atom stereocenters. The third-order valence-electron chi connectivity index (χ3n) is 4.26. The van der Waals surface area contributed by atoms with Crippen molar-refractivity contribution in [2.75, 3.05) is 26.2 Å². The van der Waals surface area contributed by atoms with Crippen molar-refractivity contribution in [1.82, 2.24) is 14.2 Å². The van der Waals surface area contributed by atoms with Gasteiger partial charge in [-0.3, -0.25) is 4.79 Å². The molecule has 140 valence electrons. The van der Waals surface area contributed by atoms with Crippen LogP contribution in [0.5, 0.6) is 0 Å². The molecular weight excluding hydrogens is 370 g/mol. The number of hydrogen-bond donors (Lipinski definition) is 0. The van der Waals surface area contributed by atoms with Crippen LogP contribution >= 0.6 is 11.3 Å². The number of rotatable bonds is 3. The number of sulfonamides is 1. The van der Waals surface area contributed by atoms with Gasteiger partial charge in [0.05, 0.1) is 16.1 Å². The van der Waals surface area contributed by atoms with E-state index in [9.17, 15) is 13.2 Å². The lowest BCUT2D eigenvalue weighted by Crippen LogP contribution is -2.50. The highest BCUT2D eigenvalue weighted by atomic mass is 32.2. The monoisotopic (exact) mass is 393 g/mol. The molecule has 1 aromatic carbocycles. The zero-order chi connectivity index (χ0) is 18.9. The number of hydrogen-bond acceptors (Lipinski definition) is 5. The maximum atomic E-state index is 12.7. The minimum atomic E-state index is -3.51. The second-order valence-electron chi connectivity index (χ2n) is 7.29. The fourth-order valence-electron chi connectivity index (χ4n) is 2.75. The Hall–Kier alpha value is -1.77.